The molecule has 1 amide bonds. The number of aryl methyl sites for hydroxylation is 1. The van der Waals surface area contributed by atoms with E-state index in [2.05, 4.69) is 25.5 Å². The molecular formula is C25H29N5O. The Morgan fingerprint density at radius 3 is 2.48 bits per heavy atom. The zero-order valence-corrected chi connectivity index (χ0v) is 18.0. The summed E-state index contributed by atoms with van der Waals surface area (Å²) in [5, 5.41) is 6.42. The number of carbonyl (C=O) groups excluding carboxylic acids is 1. The van der Waals surface area contributed by atoms with E-state index >= 15 is 0 Å². The molecule has 1 aromatic carbocycles. The Labute approximate surface area is 183 Å². The standard InChI is InChI=1S/C25H29N5O/c1-19-8-13-23(24(28-19)30-17-5-2-6-18-30)25(31)29-22-11-9-21(10-12-22)27-16-14-20-7-3-4-15-26-20/h3-4,7-13,15,27H,2,5-6,14,16-18H2,1H3,(H,29,31). The van der Waals surface area contributed by atoms with Gasteiger partial charge in [-0.3, -0.25) is 9.78 Å². The van der Waals surface area contributed by atoms with E-state index in [-0.39, 0.29) is 5.91 Å². The molecule has 3 heterocycles. The summed E-state index contributed by atoms with van der Waals surface area (Å²) in [6.45, 7) is 4.68. The van der Waals surface area contributed by atoms with Gasteiger partial charge in [-0.1, -0.05) is 6.07 Å². The van der Waals surface area contributed by atoms with Crippen LogP contribution in [0.4, 0.5) is 17.2 Å². The minimum Gasteiger partial charge on any atom is -0.385 e. The predicted octanol–water partition coefficient (Wildman–Crippen LogP) is 4.68. The van der Waals surface area contributed by atoms with E-state index < -0.39 is 0 Å². The maximum absolute atomic E-state index is 13.0. The molecule has 1 aliphatic rings. The third-order valence-electron chi connectivity index (χ3n) is 5.49. The zero-order valence-electron chi connectivity index (χ0n) is 18.0. The second-order valence-corrected chi connectivity index (χ2v) is 7.90. The van der Waals surface area contributed by atoms with E-state index in [4.69, 9.17) is 0 Å². The van der Waals surface area contributed by atoms with E-state index in [1.165, 1.54) is 6.42 Å². The predicted molar refractivity (Wildman–Crippen MR) is 126 cm³/mol. The molecule has 0 saturated carbocycles. The number of piperidine rings is 1. The molecule has 6 heteroatoms. The summed E-state index contributed by atoms with van der Waals surface area (Å²) in [6, 6.07) is 17.5. The highest BCUT2D eigenvalue weighted by molar-refractivity contribution is 6.07. The largest absolute Gasteiger partial charge is 0.385 e. The molecule has 1 fully saturated rings. The monoisotopic (exact) mass is 415 g/mol. The molecule has 0 spiro atoms. The number of benzene rings is 1. The number of nitrogens with one attached hydrogen (secondary N) is 2. The summed E-state index contributed by atoms with van der Waals surface area (Å²) in [7, 11) is 0. The lowest BCUT2D eigenvalue weighted by Gasteiger charge is -2.29. The number of nitrogens with zero attached hydrogens (tertiary/aromatic N) is 3. The summed E-state index contributed by atoms with van der Waals surface area (Å²) in [5.74, 6) is 0.675. The van der Waals surface area contributed by atoms with Gasteiger partial charge in [0, 0.05) is 55.0 Å². The van der Waals surface area contributed by atoms with Crippen LogP contribution in [0.2, 0.25) is 0 Å². The Bertz CT molecular complexity index is 998. The Balaban J connectivity index is 1.37. The lowest BCUT2D eigenvalue weighted by atomic mass is 10.1. The molecule has 3 aromatic rings. The first kappa shape index (κ1) is 20.8. The number of hydrogen-bond acceptors (Lipinski definition) is 5. The van der Waals surface area contributed by atoms with Crippen molar-refractivity contribution in [3.8, 4) is 0 Å². The van der Waals surface area contributed by atoms with Gasteiger partial charge in [-0.25, -0.2) is 4.98 Å². The Morgan fingerprint density at radius 2 is 1.74 bits per heavy atom. The second kappa shape index (κ2) is 10.1. The summed E-state index contributed by atoms with van der Waals surface area (Å²) in [4.78, 5) is 24.3. The molecule has 0 atom stereocenters. The molecule has 6 nitrogen and oxygen atoms in total. The maximum Gasteiger partial charge on any atom is 0.259 e. The number of rotatable bonds is 7. The Morgan fingerprint density at radius 1 is 0.968 bits per heavy atom. The van der Waals surface area contributed by atoms with E-state index in [9.17, 15) is 4.79 Å². The zero-order chi connectivity index (χ0) is 21.5. The first-order valence-electron chi connectivity index (χ1n) is 11.0. The van der Waals surface area contributed by atoms with Crippen LogP contribution in [0.1, 0.15) is 41.0 Å². The van der Waals surface area contributed by atoms with Crippen LogP contribution in [0.15, 0.2) is 60.8 Å². The van der Waals surface area contributed by atoms with Gasteiger partial charge in [-0.05, 0) is 74.7 Å². The fourth-order valence-electron chi connectivity index (χ4n) is 3.82. The van der Waals surface area contributed by atoms with Crippen molar-refractivity contribution in [3.63, 3.8) is 0 Å². The van der Waals surface area contributed by atoms with Crippen LogP contribution < -0.4 is 15.5 Å². The smallest absolute Gasteiger partial charge is 0.259 e. The highest BCUT2D eigenvalue weighted by Crippen LogP contribution is 2.24. The lowest BCUT2D eigenvalue weighted by Crippen LogP contribution is -2.32. The van der Waals surface area contributed by atoms with Gasteiger partial charge in [0.05, 0.1) is 5.56 Å². The SMILES string of the molecule is Cc1ccc(C(=O)Nc2ccc(NCCc3ccccn3)cc2)c(N2CCCCC2)n1. The number of anilines is 3. The van der Waals surface area contributed by atoms with Crippen LogP contribution in [-0.4, -0.2) is 35.5 Å². The van der Waals surface area contributed by atoms with Crippen LogP contribution in [0.5, 0.6) is 0 Å². The molecular weight excluding hydrogens is 386 g/mol. The molecule has 4 rings (SSSR count). The molecule has 1 aliphatic heterocycles. The lowest BCUT2D eigenvalue weighted by molar-refractivity contribution is 0.102. The van der Waals surface area contributed by atoms with Crippen molar-refractivity contribution in [2.75, 3.05) is 35.2 Å². The van der Waals surface area contributed by atoms with Crippen molar-refractivity contribution in [2.24, 2.45) is 0 Å². The van der Waals surface area contributed by atoms with Crippen molar-refractivity contribution in [3.05, 3.63) is 77.7 Å². The number of carbonyl (C=O) groups is 1. The molecule has 0 bridgehead atoms. The van der Waals surface area contributed by atoms with Gasteiger partial charge in [-0.2, -0.15) is 0 Å². The maximum atomic E-state index is 13.0. The molecule has 0 aliphatic carbocycles. The number of amides is 1. The van der Waals surface area contributed by atoms with E-state index in [1.807, 2.05) is 67.7 Å². The van der Waals surface area contributed by atoms with Crippen molar-refractivity contribution < 1.29 is 4.79 Å². The van der Waals surface area contributed by atoms with Crippen molar-refractivity contribution in [2.45, 2.75) is 32.6 Å². The van der Waals surface area contributed by atoms with Gasteiger partial charge in [0.2, 0.25) is 0 Å². The third kappa shape index (κ3) is 5.60. The van der Waals surface area contributed by atoms with Crippen LogP contribution in [0.25, 0.3) is 0 Å². The molecule has 2 N–H and O–H groups in total. The van der Waals surface area contributed by atoms with Gasteiger partial charge in [0.1, 0.15) is 5.82 Å². The van der Waals surface area contributed by atoms with Crippen molar-refractivity contribution >= 4 is 23.1 Å². The average molecular weight is 416 g/mol. The van der Waals surface area contributed by atoms with Gasteiger partial charge < -0.3 is 15.5 Å². The van der Waals surface area contributed by atoms with E-state index in [0.717, 1.165) is 67.5 Å². The van der Waals surface area contributed by atoms with E-state index in [1.54, 1.807) is 0 Å². The molecule has 160 valence electrons. The summed E-state index contributed by atoms with van der Waals surface area (Å²) in [6.07, 6.45) is 6.20. The average Bonchev–Trinajstić information content (AvgIpc) is 2.81. The normalized spacial score (nSPS) is 13.6. The van der Waals surface area contributed by atoms with Crippen molar-refractivity contribution in [1.82, 2.24) is 9.97 Å². The minimum atomic E-state index is -0.121. The van der Waals surface area contributed by atoms with Crippen LogP contribution in [0.3, 0.4) is 0 Å². The number of aromatic nitrogens is 2. The summed E-state index contributed by atoms with van der Waals surface area (Å²) >= 11 is 0. The summed E-state index contributed by atoms with van der Waals surface area (Å²) in [5.41, 5.74) is 4.41. The van der Waals surface area contributed by atoms with Gasteiger partial charge in [0.25, 0.3) is 5.91 Å². The topological polar surface area (TPSA) is 70.2 Å². The fraction of sp³-hybridized carbons (Fsp3) is 0.320. The number of hydrogen-bond donors (Lipinski definition) is 2. The van der Waals surface area contributed by atoms with Gasteiger partial charge in [-0.15, -0.1) is 0 Å². The van der Waals surface area contributed by atoms with Gasteiger partial charge in [0.15, 0.2) is 0 Å². The molecule has 1 saturated heterocycles. The second-order valence-electron chi connectivity index (χ2n) is 7.90. The fourth-order valence-corrected chi connectivity index (χ4v) is 3.82. The molecule has 2 aromatic heterocycles. The molecule has 31 heavy (non-hydrogen) atoms. The van der Waals surface area contributed by atoms with Gasteiger partial charge >= 0.3 is 0 Å². The van der Waals surface area contributed by atoms with Crippen LogP contribution >= 0.6 is 0 Å². The van der Waals surface area contributed by atoms with Crippen LogP contribution in [0, 0.1) is 6.92 Å². The van der Waals surface area contributed by atoms with E-state index in [0.29, 0.717) is 5.56 Å². The van der Waals surface area contributed by atoms with Crippen molar-refractivity contribution in [1.29, 1.82) is 0 Å². The minimum absolute atomic E-state index is 0.121. The first-order valence-corrected chi connectivity index (χ1v) is 11.0. The molecule has 0 unspecified atom stereocenters. The highest BCUT2D eigenvalue weighted by Gasteiger charge is 2.20. The molecule has 0 radical (unpaired) electrons. The highest BCUT2D eigenvalue weighted by atomic mass is 16.1. The third-order valence-corrected chi connectivity index (χ3v) is 5.49. The first-order chi connectivity index (χ1) is 15.2. The Hall–Kier alpha value is -3.41. The Kier molecular flexibility index (Phi) is 6.77. The quantitative estimate of drug-likeness (QED) is 0.586. The summed E-state index contributed by atoms with van der Waals surface area (Å²) < 4.78 is 0. The number of pyridine rings is 2. The van der Waals surface area contributed by atoms with Crippen LogP contribution in [-0.2, 0) is 6.42 Å².